The summed E-state index contributed by atoms with van der Waals surface area (Å²) in [7, 11) is 0. The number of hydrogen-bond acceptors (Lipinski definition) is 3. The number of halogens is 2. The monoisotopic (exact) mass is 302 g/mol. The third-order valence-electron chi connectivity index (χ3n) is 2.77. The molecule has 0 unspecified atom stereocenters. The minimum absolute atomic E-state index is 0.226. The standard InChI is InChI=1S/C14H16Cl2O3/c1-3-9(12(17)8-13(18)19-4-2)14-10(15)6-5-7-11(14)16/h5-7,9H,3-4,8H2,1-2H3/t9-/m0/s1. The van der Waals surface area contributed by atoms with E-state index >= 15 is 0 Å². The molecule has 5 heteroatoms. The van der Waals surface area contributed by atoms with Crippen LogP contribution in [0.4, 0.5) is 0 Å². The van der Waals surface area contributed by atoms with E-state index in [1.165, 1.54) is 0 Å². The van der Waals surface area contributed by atoms with Crippen LogP contribution in [0.5, 0.6) is 0 Å². The normalized spacial score (nSPS) is 12.0. The predicted octanol–water partition coefficient (Wildman–Crippen LogP) is 4.01. The van der Waals surface area contributed by atoms with Gasteiger partial charge >= 0.3 is 5.97 Å². The second-order valence-corrected chi connectivity index (χ2v) is 4.86. The minimum atomic E-state index is -0.519. The van der Waals surface area contributed by atoms with Crippen LogP contribution < -0.4 is 0 Å². The zero-order valence-corrected chi connectivity index (χ0v) is 12.4. The van der Waals surface area contributed by atoms with Gasteiger partial charge in [-0.3, -0.25) is 9.59 Å². The van der Waals surface area contributed by atoms with Crippen LogP contribution in [-0.2, 0) is 14.3 Å². The average Bonchev–Trinajstić information content (AvgIpc) is 2.34. The molecular formula is C14H16Cl2O3. The topological polar surface area (TPSA) is 43.4 Å². The maximum absolute atomic E-state index is 12.1. The van der Waals surface area contributed by atoms with Crippen LogP contribution in [0.3, 0.4) is 0 Å². The molecule has 0 N–H and O–H groups in total. The molecule has 1 aromatic carbocycles. The number of ketones is 1. The quantitative estimate of drug-likeness (QED) is 0.589. The van der Waals surface area contributed by atoms with Gasteiger partial charge in [0.15, 0.2) is 5.78 Å². The number of esters is 1. The number of rotatable bonds is 6. The summed E-state index contributed by atoms with van der Waals surface area (Å²) >= 11 is 12.2. The van der Waals surface area contributed by atoms with Crippen molar-refractivity contribution in [3.63, 3.8) is 0 Å². The maximum atomic E-state index is 12.1. The van der Waals surface area contributed by atoms with E-state index in [1.54, 1.807) is 25.1 Å². The Morgan fingerprint density at radius 3 is 2.26 bits per heavy atom. The molecule has 0 amide bonds. The van der Waals surface area contributed by atoms with Gasteiger partial charge in [-0.1, -0.05) is 36.2 Å². The Bertz CT molecular complexity index is 452. The van der Waals surface area contributed by atoms with Crippen molar-refractivity contribution in [1.29, 1.82) is 0 Å². The molecule has 0 aromatic heterocycles. The highest BCUT2D eigenvalue weighted by Crippen LogP contribution is 2.34. The maximum Gasteiger partial charge on any atom is 0.313 e. The average molecular weight is 303 g/mol. The lowest BCUT2D eigenvalue weighted by Crippen LogP contribution is -2.18. The molecule has 1 atom stereocenters. The van der Waals surface area contributed by atoms with E-state index in [9.17, 15) is 9.59 Å². The smallest absolute Gasteiger partial charge is 0.313 e. The first-order valence-electron chi connectivity index (χ1n) is 6.13. The van der Waals surface area contributed by atoms with Gasteiger partial charge in [-0.25, -0.2) is 0 Å². The van der Waals surface area contributed by atoms with Gasteiger partial charge in [-0.2, -0.15) is 0 Å². The van der Waals surface area contributed by atoms with E-state index < -0.39 is 11.9 Å². The minimum Gasteiger partial charge on any atom is -0.466 e. The van der Waals surface area contributed by atoms with Crippen LogP contribution in [0.15, 0.2) is 18.2 Å². The van der Waals surface area contributed by atoms with Gasteiger partial charge in [0.05, 0.1) is 6.61 Å². The number of hydrogen-bond donors (Lipinski definition) is 0. The number of carbonyl (C=O) groups is 2. The van der Waals surface area contributed by atoms with Crippen LogP contribution in [0.2, 0.25) is 10.0 Å². The van der Waals surface area contributed by atoms with Crippen LogP contribution in [0.1, 0.15) is 38.2 Å². The van der Waals surface area contributed by atoms with Crippen molar-refractivity contribution in [3.8, 4) is 0 Å². The molecule has 0 aliphatic heterocycles. The van der Waals surface area contributed by atoms with Crippen molar-refractivity contribution < 1.29 is 14.3 Å². The Hall–Kier alpha value is -1.06. The second kappa shape index (κ2) is 7.51. The van der Waals surface area contributed by atoms with Crippen molar-refractivity contribution in [3.05, 3.63) is 33.8 Å². The van der Waals surface area contributed by atoms with Gasteiger partial charge in [0.1, 0.15) is 6.42 Å². The number of carbonyl (C=O) groups excluding carboxylic acids is 2. The largest absolute Gasteiger partial charge is 0.466 e. The summed E-state index contributed by atoms with van der Waals surface area (Å²) in [5.41, 5.74) is 0.586. The van der Waals surface area contributed by atoms with Crippen molar-refractivity contribution in [2.75, 3.05) is 6.61 Å². The summed E-state index contributed by atoms with van der Waals surface area (Å²) in [6.45, 7) is 3.81. The van der Waals surface area contributed by atoms with Gasteiger partial charge in [-0.05, 0) is 31.0 Å². The fourth-order valence-corrected chi connectivity index (χ4v) is 2.57. The Morgan fingerprint density at radius 2 is 1.79 bits per heavy atom. The SMILES string of the molecule is CCOC(=O)CC(=O)[C@H](CC)c1c(Cl)cccc1Cl. The van der Waals surface area contributed by atoms with Crippen molar-refractivity contribution in [2.24, 2.45) is 0 Å². The first kappa shape index (κ1) is 16.0. The fourth-order valence-electron chi connectivity index (χ4n) is 1.91. The third kappa shape index (κ3) is 4.22. The lowest BCUT2D eigenvalue weighted by molar-refractivity contribution is -0.145. The highest BCUT2D eigenvalue weighted by molar-refractivity contribution is 6.36. The summed E-state index contributed by atoms with van der Waals surface area (Å²) in [5, 5.41) is 0.883. The molecule has 3 nitrogen and oxygen atoms in total. The molecule has 0 saturated heterocycles. The third-order valence-corrected chi connectivity index (χ3v) is 3.43. The van der Waals surface area contributed by atoms with E-state index in [-0.39, 0.29) is 18.8 Å². The molecule has 0 saturated carbocycles. The molecule has 0 aliphatic carbocycles. The molecule has 0 heterocycles. The van der Waals surface area contributed by atoms with E-state index in [0.29, 0.717) is 22.0 Å². The molecule has 0 fully saturated rings. The Labute approximate surface area is 122 Å². The second-order valence-electron chi connectivity index (χ2n) is 4.04. The van der Waals surface area contributed by atoms with Crippen LogP contribution in [0.25, 0.3) is 0 Å². The number of Topliss-reactive ketones (excluding diaryl/α,β-unsaturated/α-hetero) is 1. The molecule has 0 bridgehead atoms. The summed E-state index contributed by atoms with van der Waals surface area (Å²) in [6.07, 6.45) is 0.273. The Balaban J connectivity index is 2.94. The highest BCUT2D eigenvalue weighted by atomic mass is 35.5. The van der Waals surface area contributed by atoms with Crippen molar-refractivity contribution in [2.45, 2.75) is 32.6 Å². The lowest BCUT2D eigenvalue weighted by Gasteiger charge is -2.16. The molecule has 19 heavy (non-hydrogen) atoms. The van der Waals surface area contributed by atoms with Crippen LogP contribution >= 0.6 is 23.2 Å². The van der Waals surface area contributed by atoms with E-state index in [2.05, 4.69) is 0 Å². The fraction of sp³-hybridized carbons (Fsp3) is 0.429. The van der Waals surface area contributed by atoms with Crippen LogP contribution in [-0.4, -0.2) is 18.4 Å². The van der Waals surface area contributed by atoms with Gasteiger partial charge in [0.25, 0.3) is 0 Å². The van der Waals surface area contributed by atoms with Gasteiger partial charge in [0.2, 0.25) is 0 Å². The number of ether oxygens (including phenoxy) is 1. The zero-order valence-electron chi connectivity index (χ0n) is 10.9. The lowest BCUT2D eigenvalue weighted by atomic mass is 9.90. The first-order chi connectivity index (χ1) is 9.01. The molecule has 0 spiro atoms. The molecular weight excluding hydrogens is 287 g/mol. The number of benzene rings is 1. The van der Waals surface area contributed by atoms with E-state index in [1.807, 2.05) is 6.92 Å². The first-order valence-corrected chi connectivity index (χ1v) is 6.89. The predicted molar refractivity (Wildman–Crippen MR) is 75.8 cm³/mol. The summed E-state index contributed by atoms with van der Waals surface area (Å²) < 4.78 is 4.78. The van der Waals surface area contributed by atoms with Gasteiger partial charge in [-0.15, -0.1) is 0 Å². The summed E-state index contributed by atoms with van der Waals surface area (Å²) in [5.74, 6) is -1.23. The Kier molecular flexibility index (Phi) is 6.32. The molecule has 1 aromatic rings. The highest BCUT2D eigenvalue weighted by Gasteiger charge is 2.25. The molecule has 1 rings (SSSR count). The molecule has 0 radical (unpaired) electrons. The zero-order chi connectivity index (χ0) is 14.4. The van der Waals surface area contributed by atoms with Crippen molar-refractivity contribution in [1.82, 2.24) is 0 Å². The van der Waals surface area contributed by atoms with Gasteiger partial charge in [0, 0.05) is 16.0 Å². The molecule has 104 valence electrons. The molecule has 0 aliphatic rings. The summed E-state index contributed by atoms with van der Waals surface area (Å²) in [6, 6.07) is 5.09. The Morgan fingerprint density at radius 1 is 1.21 bits per heavy atom. The van der Waals surface area contributed by atoms with E-state index in [0.717, 1.165) is 0 Å². The van der Waals surface area contributed by atoms with E-state index in [4.69, 9.17) is 27.9 Å². The van der Waals surface area contributed by atoms with Gasteiger partial charge < -0.3 is 4.74 Å². The van der Waals surface area contributed by atoms with Crippen molar-refractivity contribution >= 4 is 35.0 Å². The van der Waals surface area contributed by atoms with Crippen LogP contribution in [0, 0.1) is 0 Å². The summed E-state index contributed by atoms with van der Waals surface area (Å²) in [4.78, 5) is 23.5.